The van der Waals surface area contributed by atoms with Crippen molar-refractivity contribution < 1.29 is 9.47 Å². The molecule has 3 N–H and O–H groups in total. The second-order valence-electron chi connectivity index (χ2n) is 4.63. The number of nitrogen functional groups attached to an aromatic ring is 1. The lowest BCUT2D eigenvalue weighted by molar-refractivity contribution is 0.0997. The molecule has 1 heterocycles. The lowest BCUT2D eigenvalue weighted by Crippen LogP contribution is -2.30. The molecule has 0 radical (unpaired) electrons. The number of benzene rings is 1. The lowest BCUT2D eigenvalue weighted by Gasteiger charge is -2.22. The molecule has 2 atom stereocenters. The molecule has 1 aliphatic rings. The van der Waals surface area contributed by atoms with Crippen LogP contribution in [0.2, 0.25) is 0 Å². The summed E-state index contributed by atoms with van der Waals surface area (Å²) in [5, 5.41) is 3.42. The second kappa shape index (κ2) is 5.96. The molecule has 2 unspecified atom stereocenters. The van der Waals surface area contributed by atoms with E-state index in [1.54, 1.807) is 0 Å². The zero-order chi connectivity index (χ0) is 13.0. The van der Waals surface area contributed by atoms with Crippen LogP contribution in [-0.4, -0.2) is 25.4 Å². The number of ether oxygens (including phenoxy) is 2. The van der Waals surface area contributed by atoms with Gasteiger partial charge in [-0.05, 0) is 38.8 Å². The van der Waals surface area contributed by atoms with Crippen molar-refractivity contribution in [3.05, 3.63) is 18.2 Å². The summed E-state index contributed by atoms with van der Waals surface area (Å²) in [6.07, 6.45) is 2.53. The van der Waals surface area contributed by atoms with Gasteiger partial charge in [0.25, 0.3) is 0 Å². The Hall–Kier alpha value is -1.42. The maximum absolute atomic E-state index is 6.09. The van der Waals surface area contributed by atoms with Crippen LogP contribution < -0.4 is 15.8 Å². The van der Waals surface area contributed by atoms with E-state index in [0.29, 0.717) is 12.3 Å². The monoisotopic (exact) mass is 250 g/mol. The molecule has 0 aliphatic carbocycles. The Kier molecular flexibility index (Phi) is 4.31. The molecule has 1 saturated heterocycles. The predicted molar refractivity (Wildman–Crippen MR) is 74.1 cm³/mol. The van der Waals surface area contributed by atoms with Crippen LogP contribution in [0.15, 0.2) is 18.2 Å². The van der Waals surface area contributed by atoms with Crippen molar-refractivity contribution in [1.82, 2.24) is 0 Å². The standard InChI is InChI=1S/C14H22N2O2/c1-3-17-13-7-4-6-11(14(13)15)16-10(2)12-8-5-9-18-12/h4,6-7,10,12,16H,3,5,8-9,15H2,1-2H3. The highest BCUT2D eigenvalue weighted by Gasteiger charge is 2.22. The Morgan fingerprint density at radius 2 is 2.39 bits per heavy atom. The first-order valence-electron chi connectivity index (χ1n) is 6.61. The lowest BCUT2D eigenvalue weighted by atomic mass is 10.1. The van der Waals surface area contributed by atoms with E-state index in [2.05, 4.69) is 12.2 Å². The number of nitrogens with one attached hydrogen (secondary N) is 1. The van der Waals surface area contributed by atoms with Gasteiger partial charge in [0.2, 0.25) is 0 Å². The topological polar surface area (TPSA) is 56.5 Å². The van der Waals surface area contributed by atoms with Crippen LogP contribution >= 0.6 is 0 Å². The van der Waals surface area contributed by atoms with Crippen LogP contribution in [0.4, 0.5) is 11.4 Å². The van der Waals surface area contributed by atoms with E-state index < -0.39 is 0 Å². The van der Waals surface area contributed by atoms with E-state index >= 15 is 0 Å². The van der Waals surface area contributed by atoms with Gasteiger partial charge in [0.05, 0.1) is 24.1 Å². The van der Waals surface area contributed by atoms with Gasteiger partial charge in [0.1, 0.15) is 5.75 Å². The molecule has 1 aromatic carbocycles. The Balaban J connectivity index is 2.06. The molecule has 1 aliphatic heterocycles. The van der Waals surface area contributed by atoms with Gasteiger partial charge in [0, 0.05) is 12.6 Å². The van der Waals surface area contributed by atoms with Crippen molar-refractivity contribution in [2.45, 2.75) is 38.8 Å². The van der Waals surface area contributed by atoms with Gasteiger partial charge in [-0.2, -0.15) is 0 Å². The molecule has 18 heavy (non-hydrogen) atoms. The van der Waals surface area contributed by atoms with Crippen molar-refractivity contribution in [2.24, 2.45) is 0 Å². The summed E-state index contributed by atoms with van der Waals surface area (Å²) < 4.78 is 11.2. The zero-order valence-corrected chi connectivity index (χ0v) is 11.1. The van der Waals surface area contributed by atoms with Crippen molar-refractivity contribution in [2.75, 3.05) is 24.3 Å². The molecule has 1 aromatic rings. The summed E-state index contributed by atoms with van der Waals surface area (Å²) in [6, 6.07) is 6.07. The van der Waals surface area contributed by atoms with Crippen molar-refractivity contribution >= 4 is 11.4 Å². The fourth-order valence-corrected chi connectivity index (χ4v) is 2.29. The molecule has 0 spiro atoms. The molecule has 4 nitrogen and oxygen atoms in total. The number of anilines is 2. The van der Waals surface area contributed by atoms with Gasteiger partial charge in [-0.1, -0.05) is 6.07 Å². The number of rotatable bonds is 5. The quantitative estimate of drug-likeness (QED) is 0.789. The highest BCUT2D eigenvalue weighted by molar-refractivity contribution is 5.73. The van der Waals surface area contributed by atoms with Gasteiger partial charge in [0.15, 0.2) is 0 Å². The molecule has 0 amide bonds. The molecular formula is C14H22N2O2. The number of para-hydroxylation sites is 1. The molecule has 0 saturated carbocycles. The minimum absolute atomic E-state index is 0.256. The van der Waals surface area contributed by atoms with Crippen LogP contribution in [0.5, 0.6) is 5.75 Å². The van der Waals surface area contributed by atoms with Crippen LogP contribution in [-0.2, 0) is 4.74 Å². The third-order valence-corrected chi connectivity index (χ3v) is 3.27. The smallest absolute Gasteiger partial charge is 0.144 e. The molecule has 0 aromatic heterocycles. The van der Waals surface area contributed by atoms with Gasteiger partial charge < -0.3 is 20.5 Å². The van der Waals surface area contributed by atoms with Gasteiger partial charge in [-0.3, -0.25) is 0 Å². The summed E-state index contributed by atoms with van der Waals surface area (Å²) in [5.74, 6) is 0.738. The zero-order valence-electron chi connectivity index (χ0n) is 11.1. The minimum Gasteiger partial charge on any atom is -0.492 e. The summed E-state index contributed by atoms with van der Waals surface area (Å²) in [5.41, 5.74) is 7.68. The average Bonchev–Trinajstić information content (AvgIpc) is 2.88. The number of hydrogen-bond acceptors (Lipinski definition) is 4. The summed E-state index contributed by atoms with van der Waals surface area (Å²) in [7, 11) is 0. The minimum atomic E-state index is 0.256. The third-order valence-electron chi connectivity index (χ3n) is 3.27. The van der Waals surface area contributed by atoms with Crippen LogP contribution in [0.1, 0.15) is 26.7 Å². The predicted octanol–water partition coefficient (Wildman–Crippen LogP) is 2.65. The fraction of sp³-hybridized carbons (Fsp3) is 0.571. The number of nitrogens with two attached hydrogens (primary N) is 1. The molecular weight excluding hydrogens is 228 g/mol. The van der Waals surface area contributed by atoms with Crippen LogP contribution in [0.3, 0.4) is 0 Å². The van der Waals surface area contributed by atoms with Gasteiger partial charge in [-0.15, -0.1) is 0 Å². The Labute approximate surface area is 108 Å². The van der Waals surface area contributed by atoms with E-state index in [9.17, 15) is 0 Å². The molecule has 2 rings (SSSR count). The summed E-state index contributed by atoms with van der Waals surface area (Å²) in [6.45, 7) is 5.57. The van der Waals surface area contributed by atoms with Crippen molar-refractivity contribution in [1.29, 1.82) is 0 Å². The summed E-state index contributed by atoms with van der Waals surface area (Å²) in [4.78, 5) is 0. The molecule has 1 fully saturated rings. The Morgan fingerprint density at radius 1 is 1.56 bits per heavy atom. The molecule has 0 bridgehead atoms. The molecule has 4 heteroatoms. The summed E-state index contributed by atoms with van der Waals surface area (Å²) >= 11 is 0. The Bertz CT molecular complexity index is 389. The van der Waals surface area contributed by atoms with E-state index in [0.717, 1.165) is 30.9 Å². The van der Waals surface area contributed by atoms with E-state index in [4.69, 9.17) is 15.2 Å². The SMILES string of the molecule is CCOc1cccc(NC(C)C2CCCO2)c1N. The largest absolute Gasteiger partial charge is 0.492 e. The van der Waals surface area contributed by atoms with Crippen LogP contribution in [0, 0.1) is 0 Å². The Morgan fingerprint density at radius 3 is 3.06 bits per heavy atom. The first kappa shape index (κ1) is 13.0. The maximum atomic E-state index is 6.09. The number of hydrogen-bond donors (Lipinski definition) is 2. The van der Waals surface area contributed by atoms with Crippen LogP contribution in [0.25, 0.3) is 0 Å². The second-order valence-corrected chi connectivity index (χ2v) is 4.63. The maximum Gasteiger partial charge on any atom is 0.144 e. The van der Waals surface area contributed by atoms with Gasteiger partial charge >= 0.3 is 0 Å². The van der Waals surface area contributed by atoms with E-state index in [-0.39, 0.29) is 12.1 Å². The van der Waals surface area contributed by atoms with Crippen molar-refractivity contribution in [3.63, 3.8) is 0 Å². The van der Waals surface area contributed by atoms with Gasteiger partial charge in [-0.25, -0.2) is 0 Å². The first-order chi connectivity index (χ1) is 8.72. The fourth-order valence-electron chi connectivity index (χ4n) is 2.29. The third kappa shape index (κ3) is 2.88. The normalized spacial score (nSPS) is 20.7. The van der Waals surface area contributed by atoms with Crippen molar-refractivity contribution in [3.8, 4) is 5.75 Å². The highest BCUT2D eigenvalue weighted by atomic mass is 16.5. The molecule has 100 valence electrons. The van der Waals surface area contributed by atoms with E-state index in [1.165, 1.54) is 0 Å². The average molecular weight is 250 g/mol. The van der Waals surface area contributed by atoms with E-state index in [1.807, 2.05) is 25.1 Å². The highest BCUT2D eigenvalue weighted by Crippen LogP contribution is 2.30. The first-order valence-corrected chi connectivity index (χ1v) is 6.61.